The Balaban J connectivity index is 1.41. The number of halogens is 3. The summed E-state index contributed by atoms with van der Waals surface area (Å²) in [5.74, 6) is -0.768. The molecule has 45 heavy (non-hydrogen) atoms. The lowest BCUT2D eigenvalue weighted by atomic mass is 9.95. The van der Waals surface area contributed by atoms with Crippen LogP contribution >= 0.6 is 23.2 Å². The molecule has 0 unspecified atom stereocenters. The number of amides is 3. The molecule has 3 aromatic rings. The molecular weight excluding hydrogens is 630 g/mol. The average Bonchev–Trinajstić information content (AvgIpc) is 3.00. The minimum atomic E-state index is -0.803. The van der Waals surface area contributed by atoms with Gasteiger partial charge in [0.2, 0.25) is 0 Å². The SMILES string of the molecule is CCOC(=O)C1=C(C)NC(=O)N[C@@H]1c1ccc(OCC(=O)N/N=C/c2cc(Cl)cc(Cl)c2OCc2ccc(F)cc2)c(OC)c1. The Morgan fingerprint density at radius 2 is 1.82 bits per heavy atom. The standard InChI is InChI=1S/C31H29Cl2FN4O7/c1-4-43-30(40)27-17(2)36-31(41)37-28(27)19-7-10-24(25(12-19)42-3)44-16-26(39)38-35-14-20-11-21(32)13-23(33)29(20)45-15-18-5-8-22(34)9-6-18/h5-14,28H,4,15-16H2,1-3H3,(H,38,39)(H2,36,37,41)/b35-14+/t28-/m1/s1. The molecule has 11 nitrogen and oxygen atoms in total. The van der Waals surface area contributed by atoms with Gasteiger partial charge in [-0.25, -0.2) is 19.4 Å². The van der Waals surface area contributed by atoms with Crippen molar-refractivity contribution < 1.29 is 37.7 Å². The highest BCUT2D eigenvalue weighted by Gasteiger charge is 2.32. The van der Waals surface area contributed by atoms with E-state index >= 15 is 0 Å². The predicted octanol–water partition coefficient (Wildman–Crippen LogP) is 5.44. The molecule has 4 rings (SSSR count). The van der Waals surface area contributed by atoms with Gasteiger partial charge in [0.25, 0.3) is 5.91 Å². The first-order chi connectivity index (χ1) is 21.6. The summed E-state index contributed by atoms with van der Waals surface area (Å²) in [5, 5.41) is 9.80. The number of carbonyl (C=O) groups is 3. The molecule has 1 aliphatic rings. The van der Waals surface area contributed by atoms with Crippen LogP contribution in [0.3, 0.4) is 0 Å². The van der Waals surface area contributed by atoms with E-state index in [-0.39, 0.29) is 46.9 Å². The van der Waals surface area contributed by atoms with E-state index in [0.717, 1.165) is 0 Å². The number of hydrogen-bond donors (Lipinski definition) is 3. The first-order valence-corrected chi connectivity index (χ1v) is 14.3. The monoisotopic (exact) mass is 658 g/mol. The number of ether oxygens (including phenoxy) is 4. The second-order valence-electron chi connectivity index (χ2n) is 9.50. The third-order valence-electron chi connectivity index (χ3n) is 6.37. The number of allylic oxidation sites excluding steroid dienone is 1. The van der Waals surface area contributed by atoms with Crippen molar-refractivity contribution in [3.63, 3.8) is 0 Å². The third-order valence-corrected chi connectivity index (χ3v) is 6.87. The number of urea groups is 1. The lowest BCUT2D eigenvalue weighted by molar-refractivity contribution is -0.139. The molecule has 3 N–H and O–H groups in total. The molecule has 0 saturated heterocycles. The van der Waals surface area contributed by atoms with E-state index in [1.54, 1.807) is 50.2 Å². The van der Waals surface area contributed by atoms with Gasteiger partial charge >= 0.3 is 12.0 Å². The van der Waals surface area contributed by atoms with E-state index in [4.69, 9.17) is 42.1 Å². The minimum Gasteiger partial charge on any atom is -0.493 e. The van der Waals surface area contributed by atoms with Gasteiger partial charge in [0.1, 0.15) is 18.2 Å². The van der Waals surface area contributed by atoms with E-state index in [1.807, 2.05) is 0 Å². The fourth-order valence-corrected chi connectivity index (χ4v) is 4.88. The summed E-state index contributed by atoms with van der Waals surface area (Å²) >= 11 is 12.5. The van der Waals surface area contributed by atoms with Crippen LogP contribution in [0.15, 0.2) is 71.0 Å². The van der Waals surface area contributed by atoms with Crippen molar-refractivity contribution in [3.05, 3.63) is 98.4 Å². The van der Waals surface area contributed by atoms with E-state index in [0.29, 0.717) is 27.4 Å². The van der Waals surface area contributed by atoms with Gasteiger partial charge in [0, 0.05) is 16.3 Å². The number of benzene rings is 3. The minimum absolute atomic E-state index is 0.104. The van der Waals surface area contributed by atoms with Crippen molar-refractivity contribution in [2.75, 3.05) is 20.3 Å². The van der Waals surface area contributed by atoms with Gasteiger partial charge in [-0.3, -0.25) is 4.79 Å². The van der Waals surface area contributed by atoms with Crippen molar-refractivity contribution in [3.8, 4) is 17.2 Å². The summed E-state index contributed by atoms with van der Waals surface area (Å²) in [7, 11) is 1.41. The molecule has 0 aromatic heterocycles. The van der Waals surface area contributed by atoms with Crippen molar-refractivity contribution >= 4 is 47.3 Å². The van der Waals surface area contributed by atoms with Crippen molar-refractivity contribution in [1.29, 1.82) is 0 Å². The fourth-order valence-electron chi connectivity index (χ4n) is 4.32. The Labute approximate surface area is 268 Å². The Morgan fingerprint density at radius 1 is 1.07 bits per heavy atom. The molecular formula is C31H29Cl2FN4O7. The third kappa shape index (κ3) is 8.64. The molecule has 3 aromatic carbocycles. The highest BCUT2D eigenvalue weighted by atomic mass is 35.5. The summed E-state index contributed by atoms with van der Waals surface area (Å²) in [6.07, 6.45) is 1.31. The van der Waals surface area contributed by atoms with Crippen LogP contribution in [0.2, 0.25) is 10.0 Å². The molecule has 0 saturated carbocycles. The fraction of sp³-hybridized carbons (Fsp3) is 0.226. The van der Waals surface area contributed by atoms with Gasteiger partial charge < -0.3 is 29.6 Å². The zero-order chi connectivity index (χ0) is 32.5. The van der Waals surface area contributed by atoms with Crippen LogP contribution in [-0.2, 0) is 20.9 Å². The number of nitrogens with one attached hydrogen (secondary N) is 3. The average molecular weight is 659 g/mol. The second-order valence-corrected chi connectivity index (χ2v) is 10.3. The van der Waals surface area contributed by atoms with Crippen LogP contribution in [0.25, 0.3) is 0 Å². The number of methoxy groups -OCH3 is 1. The van der Waals surface area contributed by atoms with Crippen LogP contribution < -0.4 is 30.3 Å². The van der Waals surface area contributed by atoms with Crippen molar-refractivity contribution in [1.82, 2.24) is 16.1 Å². The Hall–Kier alpha value is -4.81. The topological polar surface area (TPSA) is 137 Å². The van der Waals surface area contributed by atoms with Crippen LogP contribution in [0.5, 0.6) is 17.2 Å². The number of esters is 1. The van der Waals surface area contributed by atoms with E-state index in [2.05, 4.69) is 21.2 Å². The van der Waals surface area contributed by atoms with Crippen LogP contribution in [-0.4, -0.2) is 44.4 Å². The van der Waals surface area contributed by atoms with E-state index in [9.17, 15) is 18.8 Å². The molecule has 0 spiro atoms. The number of carbonyl (C=O) groups excluding carboxylic acids is 3. The molecule has 1 atom stereocenters. The normalized spacial score (nSPS) is 14.4. The second kappa shape index (κ2) is 15.3. The molecule has 0 aliphatic carbocycles. The number of rotatable bonds is 12. The quantitative estimate of drug-likeness (QED) is 0.134. The summed E-state index contributed by atoms with van der Waals surface area (Å²) < 4.78 is 35.3. The summed E-state index contributed by atoms with van der Waals surface area (Å²) in [5.41, 5.74) is 4.61. The Morgan fingerprint density at radius 3 is 2.53 bits per heavy atom. The summed E-state index contributed by atoms with van der Waals surface area (Å²) in [6.45, 7) is 3.14. The maximum absolute atomic E-state index is 13.2. The van der Waals surface area contributed by atoms with E-state index < -0.39 is 30.6 Å². The first kappa shape index (κ1) is 33.1. The smallest absolute Gasteiger partial charge is 0.338 e. The maximum atomic E-state index is 13.2. The zero-order valence-corrected chi connectivity index (χ0v) is 25.9. The lowest BCUT2D eigenvalue weighted by Gasteiger charge is -2.28. The highest BCUT2D eigenvalue weighted by Crippen LogP contribution is 2.35. The lowest BCUT2D eigenvalue weighted by Crippen LogP contribution is -2.45. The molecule has 0 fully saturated rings. The molecule has 0 bridgehead atoms. The summed E-state index contributed by atoms with van der Waals surface area (Å²) in [4.78, 5) is 37.3. The predicted molar refractivity (Wildman–Crippen MR) is 165 cm³/mol. The van der Waals surface area contributed by atoms with Crippen LogP contribution in [0.1, 0.15) is 36.6 Å². The van der Waals surface area contributed by atoms with Gasteiger partial charge in [0.05, 0.1) is 36.6 Å². The first-order valence-electron chi connectivity index (χ1n) is 13.5. The molecule has 236 valence electrons. The number of hydrazone groups is 1. The van der Waals surface area contributed by atoms with E-state index in [1.165, 1.54) is 31.5 Å². The maximum Gasteiger partial charge on any atom is 0.338 e. The molecule has 1 heterocycles. The van der Waals surface area contributed by atoms with Gasteiger partial charge in [-0.15, -0.1) is 0 Å². The Kier molecular flexibility index (Phi) is 11.2. The number of hydrogen-bond acceptors (Lipinski definition) is 8. The molecule has 0 radical (unpaired) electrons. The molecule has 1 aliphatic heterocycles. The van der Waals surface area contributed by atoms with Crippen LogP contribution in [0.4, 0.5) is 9.18 Å². The van der Waals surface area contributed by atoms with Crippen molar-refractivity contribution in [2.24, 2.45) is 5.10 Å². The Bertz CT molecular complexity index is 1650. The van der Waals surface area contributed by atoms with Gasteiger partial charge in [-0.1, -0.05) is 41.4 Å². The van der Waals surface area contributed by atoms with Gasteiger partial charge in [-0.05, 0) is 61.4 Å². The largest absolute Gasteiger partial charge is 0.493 e. The molecule has 14 heteroatoms. The van der Waals surface area contributed by atoms with Gasteiger partial charge in [0.15, 0.2) is 18.1 Å². The molecule has 3 amide bonds. The highest BCUT2D eigenvalue weighted by molar-refractivity contribution is 6.36. The zero-order valence-electron chi connectivity index (χ0n) is 24.4. The summed E-state index contributed by atoms with van der Waals surface area (Å²) in [6, 6.07) is 12.4. The number of nitrogens with zero attached hydrogens (tertiary/aromatic N) is 1. The van der Waals surface area contributed by atoms with Crippen molar-refractivity contribution in [2.45, 2.75) is 26.5 Å². The van der Waals surface area contributed by atoms with Gasteiger partial charge in [-0.2, -0.15) is 5.10 Å². The van der Waals surface area contributed by atoms with Crippen LogP contribution in [0, 0.1) is 5.82 Å².